The van der Waals surface area contributed by atoms with Crippen molar-refractivity contribution in [3.63, 3.8) is 0 Å². The molecule has 0 bridgehead atoms. The van der Waals surface area contributed by atoms with Crippen LogP contribution in [0.2, 0.25) is 0 Å². The van der Waals surface area contributed by atoms with E-state index in [2.05, 4.69) is 22.0 Å². The molecular weight excluding hydrogens is 254 g/mol. The molecule has 1 saturated carbocycles. The summed E-state index contributed by atoms with van der Waals surface area (Å²) in [4.78, 5) is 21.9. The molecular formula is C15H23N3O2. The second kappa shape index (κ2) is 5.95. The number of amides is 1. The Morgan fingerprint density at radius 2 is 2.20 bits per heavy atom. The molecule has 1 aromatic rings. The first kappa shape index (κ1) is 13.6. The standard InChI is InChI=1S/C15H23N3O2/c1-11-5-4-8-18-12(10-16-15(11)18)9-14(19)17-20-13-6-2-3-7-13/h10-11,13H,2-9H2,1H3,(H,17,19). The van der Waals surface area contributed by atoms with Gasteiger partial charge in [0.1, 0.15) is 5.82 Å². The van der Waals surface area contributed by atoms with Crippen LogP contribution in [0, 0.1) is 0 Å². The van der Waals surface area contributed by atoms with Crippen LogP contribution in [0.25, 0.3) is 0 Å². The normalized spacial score (nSPS) is 22.8. The van der Waals surface area contributed by atoms with Crippen molar-refractivity contribution < 1.29 is 9.63 Å². The van der Waals surface area contributed by atoms with Crippen molar-refractivity contribution in [2.75, 3.05) is 0 Å². The molecule has 0 radical (unpaired) electrons. The van der Waals surface area contributed by atoms with Crippen LogP contribution in [0.1, 0.15) is 62.9 Å². The summed E-state index contributed by atoms with van der Waals surface area (Å²) in [5, 5.41) is 0. The van der Waals surface area contributed by atoms with Gasteiger partial charge in [-0.25, -0.2) is 10.5 Å². The second-order valence-electron chi connectivity index (χ2n) is 6.03. The molecule has 0 saturated heterocycles. The van der Waals surface area contributed by atoms with Crippen molar-refractivity contribution in [3.8, 4) is 0 Å². The Kier molecular flexibility index (Phi) is 4.05. The zero-order chi connectivity index (χ0) is 13.9. The van der Waals surface area contributed by atoms with E-state index in [9.17, 15) is 4.79 Å². The SMILES string of the molecule is CC1CCCn2c(CC(=O)NOC3CCCC3)cnc21. The van der Waals surface area contributed by atoms with Gasteiger partial charge < -0.3 is 4.57 Å². The predicted molar refractivity (Wildman–Crippen MR) is 75.1 cm³/mol. The molecule has 1 aromatic heterocycles. The number of hydroxylamine groups is 1. The number of imidazole rings is 1. The molecule has 1 unspecified atom stereocenters. The van der Waals surface area contributed by atoms with Gasteiger partial charge in [-0.3, -0.25) is 9.63 Å². The van der Waals surface area contributed by atoms with Gasteiger partial charge in [-0.15, -0.1) is 0 Å². The Labute approximate surface area is 119 Å². The van der Waals surface area contributed by atoms with Crippen molar-refractivity contribution in [2.24, 2.45) is 0 Å². The first-order chi connectivity index (χ1) is 9.74. The monoisotopic (exact) mass is 277 g/mol. The third kappa shape index (κ3) is 2.87. The first-order valence-electron chi connectivity index (χ1n) is 7.73. The lowest BCUT2D eigenvalue weighted by Gasteiger charge is -2.21. The molecule has 1 aliphatic carbocycles. The molecule has 2 heterocycles. The molecule has 2 aliphatic rings. The van der Waals surface area contributed by atoms with E-state index in [1.165, 1.54) is 19.3 Å². The highest BCUT2D eigenvalue weighted by Gasteiger charge is 2.22. The Bertz CT molecular complexity index is 477. The molecule has 3 rings (SSSR count). The van der Waals surface area contributed by atoms with Gasteiger partial charge in [0, 0.05) is 24.4 Å². The number of nitrogens with one attached hydrogen (secondary N) is 1. The van der Waals surface area contributed by atoms with E-state index in [-0.39, 0.29) is 12.0 Å². The van der Waals surface area contributed by atoms with Crippen molar-refractivity contribution in [1.82, 2.24) is 15.0 Å². The zero-order valence-electron chi connectivity index (χ0n) is 12.1. The number of hydrogen-bond donors (Lipinski definition) is 1. The average Bonchev–Trinajstić information content (AvgIpc) is 3.07. The Hall–Kier alpha value is -1.36. The summed E-state index contributed by atoms with van der Waals surface area (Å²) in [6.45, 7) is 3.18. The lowest BCUT2D eigenvalue weighted by Crippen LogP contribution is -2.30. The molecule has 20 heavy (non-hydrogen) atoms. The van der Waals surface area contributed by atoms with Gasteiger partial charge in [-0.2, -0.15) is 0 Å². The van der Waals surface area contributed by atoms with E-state index >= 15 is 0 Å². The van der Waals surface area contributed by atoms with E-state index in [1.54, 1.807) is 0 Å². The molecule has 1 aliphatic heterocycles. The third-order valence-corrected chi connectivity index (χ3v) is 4.41. The average molecular weight is 277 g/mol. The van der Waals surface area contributed by atoms with Gasteiger partial charge in [-0.05, 0) is 25.7 Å². The summed E-state index contributed by atoms with van der Waals surface area (Å²) >= 11 is 0. The van der Waals surface area contributed by atoms with Crippen LogP contribution >= 0.6 is 0 Å². The molecule has 1 N–H and O–H groups in total. The van der Waals surface area contributed by atoms with Crippen LogP contribution in [0.3, 0.4) is 0 Å². The zero-order valence-corrected chi connectivity index (χ0v) is 12.1. The lowest BCUT2D eigenvalue weighted by molar-refractivity contribution is -0.137. The van der Waals surface area contributed by atoms with Crippen LogP contribution in [0.4, 0.5) is 0 Å². The summed E-state index contributed by atoms with van der Waals surface area (Å²) in [7, 11) is 0. The van der Waals surface area contributed by atoms with Crippen molar-refractivity contribution >= 4 is 5.91 Å². The third-order valence-electron chi connectivity index (χ3n) is 4.41. The molecule has 110 valence electrons. The minimum atomic E-state index is -0.0715. The number of rotatable bonds is 4. The number of carbonyl (C=O) groups is 1. The minimum Gasteiger partial charge on any atom is -0.331 e. The van der Waals surface area contributed by atoms with Gasteiger partial charge in [0.2, 0.25) is 5.91 Å². The van der Waals surface area contributed by atoms with E-state index in [4.69, 9.17) is 4.84 Å². The van der Waals surface area contributed by atoms with Gasteiger partial charge in [0.15, 0.2) is 0 Å². The number of carbonyl (C=O) groups excluding carboxylic acids is 1. The van der Waals surface area contributed by atoms with Crippen LogP contribution in [0.15, 0.2) is 6.20 Å². The first-order valence-corrected chi connectivity index (χ1v) is 7.73. The maximum Gasteiger partial charge on any atom is 0.249 e. The fourth-order valence-electron chi connectivity index (χ4n) is 3.26. The topological polar surface area (TPSA) is 56.2 Å². The summed E-state index contributed by atoms with van der Waals surface area (Å²) in [5.41, 5.74) is 3.60. The number of hydrogen-bond acceptors (Lipinski definition) is 3. The highest BCUT2D eigenvalue weighted by atomic mass is 16.7. The van der Waals surface area contributed by atoms with Gasteiger partial charge >= 0.3 is 0 Å². The summed E-state index contributed by atoms with van der Waals surface area (Å²) < 4.78 is 2.20. The van der Waals surface area contributed by atoms with Crippen LogP contribution in [-0.2, 0) is 22.6 Å². The predicted octanol–water partition coefficient (Wildman–Crippen LogP) is 2.31. The van der Waals surface area contributed by atoms with Gasteiger partial charge in [0.05, 0.1) is 12.5 Å². The highest BCUT2D eigenvalue weighted by molar-refractivity contribution is 5.77. The minimum absolute atomic E-state index is 0.0715. The fourth-order valence-corrected chi connectivity index (χ4v) is 3.26. The van der Waals surface area contributed by atoms with E-state index in [0.717, 1.165) is 37.3 Å². The van der Waals surface area contributed by atoms with Crippen LogP contribution in [0.5, 0.6) is 0 Å². The Morgan fingerprint density at radius 3 is 3.00 bits per heavy atom. The molecule has 5 heteroatoms. The molecule has 1 atom stereocenters. The maximum atomic E-state index is 12.0. The van der Waals surface area contributed by atoms with E-state index < -0.39 is 0 Å². The molecule has 0 aromatic carbocycles. The van der Waals surface area contributed by atoms with Crippen molar-refractivity contribution in [2.45, 2.75) is 70.4 Å². The number of aromatic nitrogens is 2. The van der Waals surface area contributed by atoms with Gasteiger partial charge in [-0.1, -0.05) is 19.8 Å². The van der Waals surface area contributed by atoms with E-state index in [1.807, 2.05) is 6.20 Å². The number of nitrogens with zero attached hydrogens (tertiary/aromatic N) is 2. The maximum absolute atomic E-state index is 12.0. The van der Waals surface area contributed by atoms with E-state index in [0.29, 0.717) is 12.3 Å². The largest absolute Gasteiger partial charge is 0.331 e. The fraction of sp³-hybridized carbons (Fsp3) is 0.733. The quantitative estimate of drug-likeness (QED) is 0.859. The molecule has 5 nitrogen and oxygen atoms in total. The summed E-state index contributed by atoms with van der Waals surface area (Å²) in [6, 6.07) is 0. The Balaban J connectivity index is 1.56. The van der Waals surface area contributed by atoms with Crippen molar-refractivity contribution in [1.29, 1.82) is 0 Å². The van der Waals surface area contributed by atoms with Gasteiger partial charge in [0.25, 0.3) is 0 Å². The second-order valence-corrected chi connectivity index (χ2v) is 6.03. The van der Waals surface area contributed by atoms with Crippen LogP contribution in [-0.4, -0.2) is 21.6 Å². The molecule has 1 fully saturated rings. The smallest absolute Gasteiger partial charge is 0.249 e. The molecule has 1 amide bonds. The van der Waals surface area contributed by atoms with Crippen molar-refractivity contribution in [3.05, 3.63) is 17.7 Å². The highest BCUT2D eigenvalue weighted by Crippen LogP contribution is 2.26. The molecule has 0 spiro atoms. The summed E-state index contributed by atoms with van der Waals surface area (Å²) in [5.74, 6) is 1.55. The summed E-state index contributed by atoms with van der Waals surface area (Å²) in [6.07, 6.45) is 9.27. The number of fused-ring (bicyclic) bond motifs is 1. The lowest BCUT2D eigenvalue weighted by atomic mass is 10.0. The Morgan fingerprint density at radius 1 is 1.40 bits per heavy atom. The van der Waals surface area contributed by atoms with Crippen LogP contribution < -0.4 is 5.48 Å².